The van der Waals surface area contributed by atoms with Crippen LogP contribution in [0.3, 0.4) is 0 Å². The molecule has 0 aliphatic heterocycles. The van der Waals surface area contributed by atoms with E-state index in [1.807, 2.05) is 26.8 Å². The molecule has 0 radical (unpaired) electrons. The maximum absolute atomic E-state index is 11.5. The first kappa shape index (κ1) is 27.1. The van der Waals surface area contributed by atoms with E-state index in [1.54, 1.807) is 0 Å². The second kappa shape index (κ2) is 11.3. The normalized spacial score (nSPS) is 13.1. The molecule has 2 aromatic carbocycles. The van der Waals surface area contributed by atoms with Gasteiger partial charge >= 0.3 is 0 Å². The standard InChI is InChI=1S/C29H42O4/c1-8-29(9-2,23-12-10-22(20(3)16-23)11-14-25(31)18-30)24-13-15-26(21(4)17-24)33-19-27(32)28(5,6)7/h10,12-13,15-17,27,30,32H,8-9,11,14,18-19H2,1-7H3/t27-/m0/s1. The number of ketones is 1. The van der Waals surface area contributed by atoms with E-state index in [2.05, 4.69) is 58.0 Å². The third-order valence-corrected chi connectivity index (χ3v) is 7.08. The van der Waals surface area contributed by atoms with Gasteiger partial charge in [0, 0.05) is 11.8 Å². The molecule has 0 unspecified atom stereocenters. The van der Waals surface area contributed by atoms with E-state index in [1.165, 1.54) is 16.7 Å². The molecule has 2 rings (SSSR count). The Labute approximate surface area is 200 Å². The highest BCUT2D eigenvalue weighted by Crippen LogP contribution is 2.41. The number of ether oxygens (including phenoxy) is 1. The van der Waals surface area contributed by atoms with Crippen molar-refractivity contribution in [2.45, 2.75) is 85.7 Å². The lowest BCUT2D eigenvalue weighted by molar-refractivity contribution is -0.121. The van der Waals surface area contributed by atoms with Gasteiger partial charge in [0.15, 0.2) is 5.78 Å². The van der Waals surface area contributed by atoms with Gasteiger partial charge in [-0.1, -0.05) is 65.0 Å². The Morgan fingerprint density at radius 3 is 2.03 bits per heavy atom. The van der Waals surface area contributed by atoms with Crippen LogP contribution in [0.4, 0.5) is 0 Å². The Morgan fingerprint density at radius 1 is 0.970 bits per heavy atom. The fourth-order valence-electron chi connectivity index (χ4n) is 4.39. The number of hydrogen-bond donors (Lipinski definition) is 2. The first-order chi connectivity index (χ1) is 15.5. The number of aliphatic hydroxyl groups is 2. The molecule has 0 heterocycles. The van der Waals surface area contributed by atoms with Gasteiger partial charge in [-0.05, 0) is 72.4 Å². The van der Waals surface area contributed by atoms with Crippen LogP contribution in [0.5, 0.6) is 5.75 Å². The van der Waals surface area contributed by atoms with E-state index >= 15 is 0 Å². The topological polar surface area (TPSA) is 66.8 Å². The summed E-state index contributed by atoms with van der Waals surface area (Å²) in [4.78, 5) is 11.5. The number of benzene rings is 2. The highest BCUT2D eigenvalue weighted by molar-refractivity contribution is 5.79. The van der Waals surface area contributed by atoms with E-state index < -0.39 is 6.10 Å². The smallest absolute Gasteiger partial charge is 0.158 e. The minimum Gasteiger partial charge on any atom is -0.491 e. The molecule has 0 aliphatic carbocycles. The molecule has 0 aliphatic rings. The van der Waals surface area contributed by atoms with Crippen LogP contribution in [0, 0.1) is 19.3 Å². The Bertz CT molecular complexity index is 935. The van der Waals surface area contributed by atoms with E-state index in [-0.39, 0.29) is 29.8 Å². The monoisotopic (exact) mass is 454 g/mol. The van der Waals surface area contributed by atoms with Gasteiger partial charge in [0.1, 0.15) is 19.0 Å². The summed E-state index contributed by atoms with van der Waals surface area (Å²) in [7, 11) is 0. The molecular weight excluding hydrogens is 412 g/mol. The van der Waals surface area contributed by atoms with Gasteiger partial charge in [0.05, 0.1) is 6.10 Å². The first-order valence-corrected chi connectivity index (χ1v) is 12.1. The fraction of sp³-hybridized carbons (Fsp3) is 0.552. The number of carbonyl (C=O) groups is 1. The molecule has 4 heteroatoms. The second-order valence-electron chi connectivity index (χ2n) is 10.3. The average molecular weight is 455 g/mol. The predicted molar refractivity (Wildman–Crippen MR) is 135 cm³/mol. The summed E-state index contributed by atoms with van der Waals surface area (Å²) in [5.41, 5.74) is 5.60. The summed E-state index contributed by atoms with van der Waals surface area (Å²) in [6.07, 6.45) is 2.42. The van der Waals surface area contributed by atoms with Crippen molar-refractivity contribution in [2.75, 3.05) is 13.2 Å². The van der Waals surface area contributed by atoms with Crippen LogP contribution >= 0.6 is 0 Å². The number of rotatable bonds is 11. The van der Waals surface area contributed by atoms with E-state index in [0.29, 0.717) is 12.8 Å². The second-order valence-corrected chi connectivity index (χ2v) is 10.3. The Balaban J connectivity index is 2.32. The third-order valence-electron chi connectivity index (χ3n) is 7.08. The lowest BCUT2D eigenvalue weighted by Gasteiger charge is -2.34. The van der Waals surface area contributed by atoms with Gasteiger partial charge in [0.2, 0.25) is 0 Å². The van der Waals surface area contributed by atoms with Crippen LogP contribution in [0.1, 0.15) is 81.7 Å². The summed E-state index contributed by atoms with van der Waals surface area (Å²) in [5, 5.41) is 19.3. The first-order valence-electron chi connectivity index (χ1n) is 12.1. The van der Waals surface area contributed by atoms with Crippen molar-refractivity contribution in [3.63, 3.8) is 0 Å². The fourth-order valence-corrected chi connectivity index (χ4v) is 4.39. The molecule has 0 aromatic heterocycles. The number of aliphatic hydroxyl groups excluding tert-OH is 2. The number of hydrogen-bond acceptors (Lipinski definition) is 4. The zero-order valence-electron chi connectivity index (χ0n) is 21.5. The quantitative estimate of drug-likeness (QED) is 0.458. The number of aryl methyl sites for hydroxylation is 3. The van der Waals surface area contributed by atoms with Crippen molar-refractivity contribution in [3.8, 4) is 5.75 Å². The Kier molecular flexibility index (Phi) is 9.28. The SMILES string of the molecule is CCC(CC)(c1ccc(CCC(=O)CO)c(C)c1)c1ccc(OC[C@H](O)C(C)(C)C)c(C)c1. The highest BCUT2D eigenvalue weighted by Gasteiger charge is 2.31. The van der Waals surface area contributed by atoms with Crippen molar-refractivity contribution in [2.24, 2.45) is 5.41 Å². The zero-order valence-corrected chi connectivity index (χ0v) is 21.5. The lowest BCUT2D eigenvalue weighted by Crippen LogP contribution is -2.32. The van der Waals surface area contributed by atoms with E-state index in [4.69, 9.17) is 9.84 Å². The van der Waals surface area contributed by atoms with Gasteiger partial charge in [-0.3, -0.25) is 4.79 Å². The van der Waals surface area contributed by atoms with Gasteiger partial charge < -0.3 is 14.9 Å². The van der Waals surface area contributed by atoms with Crippen molar-refractivity contribution in [3.05, 3.63) is 64.2 Å². The maximum Gasteiger partial charge on any atom is 0.158 e. The van der Waals surface area contributed by atoms with Crippen molar-refractivity contribution >= 4 is 5.78 Å². The van der Waals surface area contributed by atoms with Crippen LogP contribution in [0.2, 0.25) is 0 Å². The molecule has 4 nitrogen and oxygen atoms in total. The van der Waals surface area contributed by atoms with Gasteiger partial charge in [-0.2, -0.15) is 0 Å². The molecule has 0 fully saturated rings. The molecule has 0 bridgehead atoms. The molecule has 0 saturated carbocycles. The molecule has 0 saturated heterocycles. The summed E-state index contributed by atoms with van der Waals surface area (Å²) in [6, 6.07) is 13.0. The summed E-state index contributed by atoms with van der Waals surface area (Å²) >= 11 is 0. The predicted octanol–water partition coefficient (Wildman–Crippen LogP) is 5.69. The van der Waals surface area contributed by atoms with E-state index in [0.717, 1.165) is 29.7 Å². The van der Waals surface area contributed by atoms with Gasteiger partial charge in [-0.25, -0.2) is 0 Å². The van der Waals surface area contributed by atoms with Gasteiger partial charge in [-0.15, -0.1) is 0 Å². The molecule has 0 spiro atoms. The molecule has 33 heavy (non-hydrogen) atoms. The molecule has 182 valence electrons. The maximum atomic E-state index is 11.5. The van der Waals surface area contributed by atoms with Crippen LogP contribution in [0.15, 0.2) is 36.4 Å². The minimum absolute atomic E-state index is 0.113. The van der Waals surface area contributed by atoms with Crippen LogP contribution in [-0.2, 0) is 16.6 Å². The number of Topliss-reactive ketones (excluding diaryl/α,β-unsaturated/α-hetero) is 1. The van der Waals surface area contributed by atoms with Crippen molar-refractivity contribution < 1.29 is 19.7 Å². The molecular formula is C29H42O4. The summed E-state index contributed by atoms with van der Waals surface area (Å²) in [5.74, 6) is 0.686. The average Bonchev–Trinajstić information content (AvgIpc) is 2.78. The summed E-state index contributed by atoms with van der Waals surface area (Å²) < 4.78 is 5.96. The molecule has 0 amide bonds. The summed E-state index contributed by atoms with van der Waals surface area (Å²) in [6.45, 7) is 14.5. The van der Waals surface area contributed by atoms with Gasteiger partial charge in [0.25, 0.3) is 0 Å². The van der Waals surface area contributed by atoms with E-state index in [9.17, 15) is 9.90 Å². The molecule has 2 aromatic rings. The zero-order chi connectivity index (χ0) is 24.8. The lowest BCUT2D eigenvalue weighted by atomic mass is 9.69. The molecule has 1 atom stereocenters. The Morgan fingerprint density at radius 2 is 1.55 bits per heavy atom. The van der Waals surface area contributed by atoms with Crippen LogP contribution in [0.25, 0.3) is 0 Å². The minimum atomic E-state index is -0.531. The van der Waals surface area contributed by atoms with Crippen molar-refractivity contribution in [1.82, 2.24) is 0 Å². The van der Waals surface area contributed by atoms with Crippen LogP contribution in [-0.4, -0.2) is 35.3 Å². The number of carbonyl (C=O) groups excluding carboxylic acids is 1. The Hall–Kier alpha value is -2.17. The third kappa shape index (κ3) is 6.45. The van der Waals surface area contributed by atoms with Crippen LogP contribution < -0.4 is 4.74 Å². The van der Waals surface area contributed by atoms with Crippen molar-refractivity contribution in [1.29, 1.82) is 0 Å². The largest absolute Gasteiger partial charge is 0.491 e. The highest BCUT2D eigenvalue weighted by atomic mass is 16.5. The molecule has 2 N–H and O–H groups in total.